The van der Waals surface area contributed by atoms with Crippen molar-refractivity contribution < 1.29 is 4.79 Å². The van der Waals surface area contributed by atoms with Crippen LogP contribution in [-0.4, -0.2) is 60.5 Å². The van der Waals surface area contributed by atoms with Gasteiger partial charge in [-0.2, -0.15) is 5.26 Å². The average Bonchev–Trinajstić information content (AvgIpc) is 2.44. The van der Waals surface area contributed by atoms with Gasteiger partial charge in [0.2, 0.25) is 5.91 Å². The lowest BCUT2D eigenvalue weighted by atomic mass is 10.1. The second kappa shape index (κ2) is 8.13. The fraction of sp³-hybridized carbons (Fsp3) is 0.857. The lowest BCUT2D eigenvalue weighted by Gasteiger charge is -2.39. The third kappa shape index (κ3) is 4.48. The van der Waals surface area contributed by atoms with Crippen LogP contribution in [0.2, 0.25) is 0 Å². The van der Waals surface area contributed by atoms with Gasteiger partial charge in [0, 0.05) is 32.7 Å². The topological polar surface area (TPSA) is 59.4 Å². The van der Waals surface area contributed by atoms with Gasteiger partial charge >= 0.3 is 0 Å². The molecule has 1 rings (SSSR count). The molecule has 1 saturated heterocycles. The number of likely N-dealkylation sites (N-methyl/N-ethyl adjacent to an activating group) is 1. The van der Waals surface area contributed by atoms with Crippen molar-refractivity contribution in [1.82, 2.24) is 15.1 Å². The van der Waals surface area contributed by atoms with Crippen LogP contribution in [-0.2, 0) is 4.79 Å². The number of nitriles is 1. The van der Waals surface area contributed by atoms with Gasteiger partial charge in [0.15, 0.2) is 0 Å². The molecule has 1 amide bonds. The van der Waals surface area contributed by atoms with Crippen molar-refractivity contribution in [3.63, 3.8) is 0 Å². The maximum atomic E-state index is 11.8. The van der Waals surface area contributed by atoms with E-state index in [1.165, 1.54) is 0 Å². The van der Waals surface area contributed by atoms with Crippen LogP contribution in [0.15, 0.2) is 0 Å². The number of rotatable bonds is 6. The molecule has 2 unspecified atom stereocenters. The van der Waals surface area contributed by atoms with Crippen molar-refractivity contribution >= 4 is 5.91 Å². The second-order valence-electron chi connectivity index (χ2n) is 5.08. The van der Waals surface area contributed by atoms with Crippen molar-refractivity contribution in [3.8, 4) is 6.07 Å². The zero-order chi connectivity index (χ0) is 14.3. The fourth-order valence-electron chi connectivity index (χ4n) is 2.53. The minimum absolute atomic E-state index is 0.0342. The molecule has 5 nitrogen and oxygen atoms in total. The van der Waals surface area contributed by atoms with Gasteiger partial charge in [0.25, 0.3) is 0 Å². The average molecular weight is 266 g/mol. The van der Waals surface area contributed by atoms with E-state index in [1.54, 1.807) is 0 Å². The molecule has 5 heteroatoms. The SMILES string of the molecule is CCCC(C#N)N1CCN(C(C)C(=O)NCC)CC1. The highest BCUT2D eigenvalue weighted by molar-refractivity contribution is 5.81. The molecule has 19 heavy (non-hydrogen) atoms. The van der Waals surface area contributed by atoms with Crippen LogP contribution in [0.3, 0.4) is 0 Å². The lowest BCUT2D eigenvalue weighted by Crippen LogP contribution is -2.55. The summed E-state index contributed by atoms with van der Waals surface area (Å²) in [4.78, 5) is 16.2. The van der Waals surface area contributed by atoms with E-state index in [1.807, 2.05) is 13.8 Å². The van der Waals surface area contributed by atoms with Gasteiger partial charge in [0.1, 0.15) is 0 Å². The fourth-order valence-corrected chi connectivity index (χ4v) is 2.53. The maximum absolute atomic E-state index is 11.8. The van der Waals surface area contributed by atoms with E-state index >= 15 is 0 Å². The number of nitrogens with zero attached hydrogens (tertiary/aromatic N) is 3. The van der Waals surface area contributed by atoms with E-state index in [9.17, 15) is 10.1 Å². The minimum atomic E-state index is -0.0752. The Morgan fingerprint density at radius 3 is 2.32 bits per heavy atom. The van der Waals surface area contributed by atoms with Gasteiger partial charge in [0.05, 0.1) is 18.2 Å². The number of hydrogen-bond acceptors (Lipinski definition) is 4. The zero-order valence-electron chi connectivity index (χ0n) is 12.4. The van der Waals surface area contributed by atoms with E-state index in [-0.39, 0.29) is 18.0 Å². The van der Waals surface area contributed by atoms with E-state index in [0.29, 0.717) is 6.54 Å². The summed E-state index contributed by atoms with van der Waals surface area (Å²) in [6.45, 7) is 10.2. The number of carbonyl (C=O) groups excluding carboxylic acids is 1. The first-order valence-corrected chi connectivity index (χ1v) is 7.29. The molecule has 1 aliphatic heterocycles. The van der Waals surface area contributed by atoms with Crippen LogP contribution in [0.5, 0.6) is 0 Å². The number of hydrogen-bond donors (Lipinski definition) is 1. The minimum Gasteiger partial charge on any atom is -0.355 e. The molecule has 1 N–H and O–H groups in total. The molecule has 108 valence electrons. The Kier molecular flexibility index (Phi) is 6.82. The van der Waals surface area contributed by atoms with E-state index in [2.05, 4.69) is 28.1 Å². The molecule has 0 aliphatic carbocycles. The van der Waals surface area contributed by atoms with Crippen molar-refractivity contribution in [3.05, 3.63) is 0 Å². The van der Waals surface area contributed by atoms with Gasteiger partial charge in [-0.05, 0) is 20.3 Å². The van der Waals surface area contributed by atoms with Crippen molar-refractivity contribution in [2.75, 3.05) is 32.7 Å². The Balaban J connectivity index is 2.44. The third-order valence-corrected chi connectivity index (χ3v) is 3.78. The first-order valence-electron chi connectivity index (χ1n) is 7.29. The Labute approximate surface area is 116 Å². The van der Waals surface area contributed by atoms with Gasteiger partial charge in [-0.15, -0.1) is 0 Å². The lowest BCUT2D eigenvalue weighted by molar-refractivity contribution is -0.126. The number of amides is 1. The zero-order valence-corrected chi connectivity index (χ0v) is 12.4. The van der Waals surface area contributed by atoms with Gasteiger partial charge < -0.3 is 5.32 Å². The smallest absolute Gasteiger partial charge is 0.237 e. The Morgan fingerprint density at radius 1 is 1.26 bits per heavy atom. The molecule has 0 spiro atoms. The van der Waals surface area contributed by atoms with Crippen LogP contribution in [0.25, 0.3) is 0 Å². The Bertz CT molecular complexity index is 318. The summed E-state index contributed by atoms with van der Waals surface area (Å²) in [7, 11) is 0. The number of piperazine rings is 1. The molecule has 1 fully saturated rings. The summed E-state index contributed by atoms with van der Waals surface area (Å²) in [5.41, 5.74) is 0. The number of carbonyl (C=O) groups is 1. The van der Waals surface area contributed by atoms with Crippen LogP contribution >= 0.6 is 0 Å². The van der Waals surface area contributed by atoms with Crippen molar-refractivity contribution in [1.29, 1.82) is 5.26 Å². The molecule has 0 aromatic heterocycles. The summed E-state index contributed by atoms with van der Waals surface area (Å²) in [6, 6.07) is 2.35. The van der Waals surface area contributed by atoms with E-state index in [0.717, 1.165) is 39.0 Å². The van der Waals surface area contributed by atoms with Gasteiger partial charge in [-0.1, -0.05) is 13.3 Å². The summed E-state index contributed by atoms with van der Waals surface area (Å²) < 4.78 is 0. The van der Waals surface area contributed by atoms with Gasteiger partial charge in [-0.3, -0.25) is 14.6 Å². The summed E-state index contributed by atoms with van der Waals surface area (Å²) >= 11 is 0. The molecular weight excluding hydrogens is 240 g/mol. The Hall–Kier alpha value is -1.12. The molecule has 1 heterocycles. The van der Waals surface area contributed by atoms with Crippen molar-refractivity contribution in [2.24, 2.45) is 0 Å². The van der Waals surface area contributed by atoms with Crippen LogP contribution in [0.4, 0.5) is 0 Å². The molecule has 0 saturated carbocycles. The van der Waals surface area contributed by atoms with Crippen LogP contribution in [0, 0.1) is 11.3 Å². The molecule has 0 bridgehead atoms. The molecule has 0 aromatic carbocycles. The molecule has 2 atom stereocenters. The quantitative estimate of drug-likeness (QED) is 0.773. The monoisotopic (exact) mass is 266 g/mol. The standard InChI is InChI=1S/C14H26N4O/c1-4-6-13(11-15)18-9-7-17(8-10-18)12(3)14(19)16-5-2/h12-13H,4-10H2,1-3H3,(H,16,19). The molecular formula is C14H26N4O. The summed E-state index contributed by atoms with van der Waals surface area (Å²) in [6.07, 6.45) is 1.97. The highest BCUT2D eigenvalue weighted by Gasteiger charge is 2.27. The Morgan fingerprint density at radius 2 is 1.84 bits per heavy atom. The van der Waals surface area contributed by atoms with Gasteiger partial charge in [-0.25, -0.2) is 0 Å². The predicted molar refractivity (Wildman–Crippen MR) is 75.6 cm³/mol. The molecule has 0 aromatic rings. The highest BCUT2D eigenvalue weighted by Crippen LogP contribution is 2.12. The maximum Gasteiger partial charge on any atom is 0.237 e. The summed E-state index contributed by atoms with van der Waals surface area (Å²) in [5.74, 6) is 0.0985. The second-order valence-corrected chi connectivity index (χ2v) is 5.08. The summed E-state index contributed by atoms with van der Waals surface area (Å²) in [5, 5.41) is 12.0. The van der Waals surface area contributed by atoms with E-state index < -0.39 is 0 Å². The van der Waals surface area contributed by atoms with Crippen LogP contribution in [0.1, 0.15) is 33.6 Å². The normalized spacial score (nSPS) is 20.5. The third-order valence-electron chi connectivity index (χ3n) is 3.78. The first-order chi connectivity index (χ1) is 9.13. The largest absolute Gasteiger partial charge is 0.355 e. The molecule has 1 aliphatic rings. The number of nitrogens with one attached hydrogen (secondary N) is 1. The molecule has 0 radical (unpaired) electrons. The first kappa shape index (κ1) is 15.9. The van der Waals surface area contributed by atoms with E-state index in [4.69, 9.17) is 0 Å². The highest BCUT2D eigenvalue weighted by atomic mass is 16.2. The van der Waals surface area contributed by atoms with Crippen molar-refractivity contribution in [2.45, 2.75) is 45.7 Å². The predicted octanol–water partition coefficient (Wildman–Crippen LogP) is 0.821. The van der Waals surface area contributed by atoms with Crippen LogP contribution < -0.4 is 5.32 Å².